The predicted octanol–water partition coefficient (Wildman–Crippen LogP) is 7.29. The molecule has 0 aromatic carbocycles. The number of Topliss-reactive ketones (excluding diaryl/α,β-unsaturated/α-hetero) is 1. The third-order valence-corrected chi connectivity index (χ3v) is 11.5. The number of hydrogen-bond acceptors (Lipinski definition) is 1. The van der Waals surface area contributed by atoms with E-state index in [-0.39, 0.29) is 5.41 Å². The molecule has 5 rings (SSSR count). The second kappa shape index (κ2) is 6.34. The van der Waals surface area contributed by atoms with Crippen LogP contribution in [0.1, 0.15) is 105 Å². The molecular weight excluding hydrogens is 340 g/mol. The predicted molar refractivity (Wildman–Crippen MR) is 116 cm³/mol. The van der Waals surface area contributed by atoms with Crippen LogP contribution in [-0.2, 0) is 4.79 Å². The van der Waals surface area contributed by atoms with Crippen molar-refractivity contribution in [2.24, 2.45) is 57.7 Å². The highest BCUT2D eigenvalue weighted by Gasteiger charge is 2.77. The molecule has 5 fully saturated rings. The Hall–Kier alpha value is -0.330. The number of ketones is 1. The Morgan fingerprint density at radius 2 is 1.75 bits per heavy atom. The van der Waals surface area contributed by atoms with Crippen LogP contribution in [0, 0.1) is 57.7 Å². The first kappa shape index (κ1) is 19.6. The average Bonchev–Trinajstić information content (AvgIpc) is 3.15. The largest absolute Gasteiger partial charge is 0.299 e. The number of carbonyl (C=O) groups excluding carboxylic acids is 1. The van der Waals surface area contributed by atoms with Crippen LogP contribution < -0.4 is 0 Å². The third-order valence-electron chi connectivity index (χ3n) is 11.5. The molecule has 0 heterocycles. The van der Waals surface area contributed by atoms with E-state index in [1.807, 2.05) is 0 Å². The molecule has 0 bridgehead atoms. The molecule has 0 aromatic heterocycles. The summed E-state index contributed by atoms with van der Waals surface area (Å²) >= 11 is 0. The van der Waals surface area contributed by atoms with Gasteiger partial charge in [0.2, 0.25) is 0 Å². The Morgan fingerprint density at radius 1 is 0.964 bits per heavy atom. The molecule has 1 spiro atoms. The van der Waals surface area contributed by atoms with Crippen LogP contribution in [0.2, 0.25) is 0 Å². The number of fused-ring (bicyclic) bond motifs is 4. The summed E-state index contributed by atoms with van der Waals surface area (Å²) in [6, 6.07) is 0. The van der Waals surface area contributed by atoms with Crippen LogP contribution in [0.15, 0.2) is 0 Å². The van der Waals surface area contributed by atoms with Gasteiger partial charge in [0.15, 0.2) is 0 Å². The lowest BCUT2D eigenvalue weighted by atomic mass is 9.45. The molecule has 5 saturated carbocycles. The van der Waals surface area contributed by atoms with E-state index in [1.54, 1.807) is 0 Å². The van der Waals surface area contributed by atoms with Crippen molar-refractivity contribution in [3.63, 3.8) is 0 Å². The Kier molecular flexibility index (Phi) is 4.44. The van der Waals surface area contributed by atoms with Crippen molar-refractivity contribution >= 4 is 5.78 Å². The molecule has 9 atom stereocenters. The molecule has 0 aromatic rings. The van der Waals surface area contributed by atoms with Gasteiger partial charge in [-0.1, -0.05) is 53.9 Å². The van der Waals surface area contributed by atoms with Crippen LogP contribution in [0.5, 0.6) is 0 Å². The molecule has 0 N–H and O–H groups in total. The minimum atomic E-state index is 0.157. The van der Waals surface area contributed by atoms with Gasteiger partial charge < -0.3 is 0 Å². The van der Waals surface area contributed by atoms with Gasteiger partial charge in [0.1, 0.15) is 5.78 Å². The van der Waals surface area contributed by atoms with Gasteiger partial charge in [-0.25, -0.2) is 0 Å². The van der Waals surface area contributed by atoms with Crippen LogP contribution in [-0.4, -0.2) is 5.78 Å². The fourth-order valence-electron chi connectivity index (χ4n) is 10.0. The summed E-state index contributed by atoms with van der Waals surface area (Å²) in [4.78, 5) is 13.4. The minimum Gasteiger partial charge on any atom is -0.299 e. The molecule has 5 aliphatic rings. The smallest absolute Gasteiger partial charge is 0.140 e. The van der Waals surface area contributed by atoms with Gasteiger partial charge in [0.25, 0.3) is 0 Å². The quantitative estimate of drug-likeness (QED) is 0.486. The molecule has 0 saturated heterocycles. The van der Waals surface area contributed by atoms with Gasteiger partial charge in [-0.3, -0.25) is 4.79 Å². The zero-order chi connectivity index (χ0) is 19.9. The zero-order valence-electron chi connectivity index (χ0n) is 19.2. The van der Waals surface area contributed by atoms with Gasteiger partial charge in [0, 0.05) is 11.8 Å². The van der Waals surface area contributed by atoms with Crippen LogP contribution in [0.4, 0.5) is 0 Å². The molecule has 1 nitrogen and oxygen atoms in total. The van der Waals surface area contributed by atoms with Crippen molar-refractivity contribution in [3.05, 3.63) is 0 Å². The molecule has 158 valence electrons. The van der Waals surface area contributed by atoms with E-state index in [2.05, 4.69) is 34.6 Å². The van der Waals surface area contributed by atoms with Crippen molar-refractivity contribution in [1.29, 1.82) is 0 Å². The second-order valence-corrected chi connectivity index (χ2v) is 12.9. The van der Waals surface area contributed by atoms with Crippen molar-refractivity contribution < 1.29 is 4.79 Å². The maximum Gasteiger partial charge on any atom is 0.140 e. The highest BCUT2D eigenvalue weighted by Crippen LogP contribution is 2.80. The van der Waals surface area contributed by atoms with Crippen molar-refractivity contribution in [2.45, 2.75) is 105 Å². The lowest BCUT2D eigenvalue weighted by Crippen LogP contribution is -2.55. The van der Waals surface area contributed by atoms with E-state index in [4.69, 9.17) is 0 Å². The summed E-state index contributed by atoms with van der Waals surface area (Å²) < 4.78 is 0. The SMILES string of the molecule is CC(C)CCC[C@@H](C)[C@H]1CC[C@H]2[C@@H]3CC(=O)[C@]45C[C@@H]4CC[C@]5(C)[C@H]3CC[C@]12C. The molecule has 0 radical (unpaired) electrons. The first-order valence-electron chi connectivity index (χ1n) is 12.8. The zero-order valence-corrected chi connectivity index (χ0v) is 19.2. The molecule has 1 heteroatoms. The number of hydrogen-bond donors (Lipinski definition) is 0. The normalized spacial score (nSPS) is 52.8. The molecular formula is C27H44O. The maximum absolute atomic E-state index is 13.4. The van der Waals surface area contributed by atoms with E-state index in [9.17, 15) is 4.79 Å². The van der Waals surface area contributed by atoms with Gasteiger partial charge in [-0.2, -0.15) is 0 Å². The molecule has 0 aliphatic heterocycles. The number of carbonyl (C=O) groups is 1. The second-order valence-electron chi connectivity index (χ2n) is 12.9. The lowest BCUT2D eigenvalue weighted by Gasteiger charge is -2.58. The van der Waals surface area contributed by atoms with Crippen molar-refractivity contribution in [2.75, 3.05) is 0 Å². The monoisotopic (exact) mass is 384 g/mol. The van der Waals surface area contributed by atoms with Crippen LogP contribution in [0.25, 0.3) is 0 Å². The number of rotatable bonds is 5. The van der Waals surface area contributed by atoms with Crippen molar-refractivity contribution in [3.8, 4) is 0 Å². The van der Waals surface area contributed by atoms with E-state index in [0.717, 1.165) is 41.9 Å². The molecule has 0 amide bonds. The first-order chi connectivity index (χ1) is 13.2. The van der Waals surface area contributed by atoms with Crippen LogP contribution in [0.3, 0.4) is 0 Å². The van der Waals surface area contributed by atoms with Gasteiger partial charge in [0.05, 0.1) is 0 Å². The van der Waals surface area contributed by atoms with E-state index < -0.39 is 0 Å². The topological polar surface area (TPSA) is 17.1 Å². The molecule has 0 unspecified atom stereocenters. The van der Waals surface area contributed by atoms with Gasteiger partial charge >= 0.3 is 0 Å². The summed E-state index contributed by atoms with van der Waals surface area (Å²) in [7, 11) is 0. The summed E-state index contributed by atoms with van der Waals surface area (Å²) in [6.45, 7) is 12.5. The molecule has 28 heavy (non-hydrogen) atoms. The summed E-state index contributed by atoms with van der Waals surface area (Å²) in [5, 5.41) is 0. The van der Waals surface area contributed by atoms with E-state index in [0.29, 0.717) is 22.5 Å². The highest BCUT2D eigenvalue weighted by molar-refractivity contribution is 5.91. The standard InChI is InChI=1S/C27H44O/c1-17(2)7-6-8-18(3)21-9-10-22-20-15-24(28)27-16-19(27)11-14-26(27,5)23(20)12-13-25(21,22)4/h17-23H,6-16H2,1-5H3/t18-,19+,20+,21-,22+,23+,25-,26-,27+/m1/s1. The Labute approximate surface area is 173 Å². The Balaban J connectivity index is 1.35. The van der Waals surface area contributed by atoms with E-state index >= 15 is 0 Å². The maximum atomic E-state index is 13.4. The summed E-state index contributed by atoms with van der Waals surface area (Å²) in [5.74, 6) is 6.49. The van der Waals surface area contributed by atoms with Crippen LogP contribution >= 0.6 is 0 Å². The summed E-state index contributed by atoms with van der Waals surface area (Å²) in [6.07, 6.45) is 14.8. The van der Waals surface area contributed by atoms with Gasteiger partial charge in [-0.05, 0) is 97.2 Å². The summed E-state index contributed by atoms with van der Waals surface area (Å²) in [5.41, 5.74) is 1.03. The average molecular weight is 385 g/mol. The minimum absolute atomic E-state index is 0.157. The fraction of sp³-hybridized carbons (Fsp3) is 0.963. The van der Waals surface area contributed by atoms with E-state index in [1.165, 1.54) is 64.2 Å². The first-order valence-corrected chi connectivity index (χ1v) is 12.8. The van der Waals surface area contributed by atoms with Crippen molar-refractivity contribution in [1.82, 2.24) is 0 Å². The lowest BCUT2D eigenvalue weighted by molar-refractivity contribution is -0.151. The Morgan fingerprint density at radius 3 is 2.46 bits per heavy atom. The molecule has 5 aliphatic carbocycles. The fourth-order valence-corrected chi connectivity index (χ4v) is 10.0. The third kappa shape index (κ3) is 2.40. The van der Waals surface area contributed by atoms with Gasteiger partial charge in [-0.15, -0.1) is 0 Å². The Bertz CT molecular complexity index is 651. The highest BCUT2D eigenvalue weighted by atomic mass is 16.1.